The summed E-state index contributed by atoms with van der Waals surface area (Å²) in [6.07, 6.45) is 0.835. The molecule has 0 aromatic heterocycles. The number of hydrogen-bond donors (Lipinski definition) is 1. The van der Waals surface area contributed by atoms with Gasteiger partial charge in [0.2, 0.25) is 0 Å². The fraction of sp³-hybridized carbons (Fsp3) is 0.571. The number of ether oxygens (including phenoxy) is 1. The van der Waals surface area contributed by atoms with Gasteiger partial charge in [0.15, 0.2) is 0 Å². The van der Waals surface area contributed by atoms with Gasteiger partial charge in [0.25, 0.3) is 0 Å². The van der Waals surface area contributed by atoms with Crippen LogP contribution >= 0.6 is 0 Å². The minimum Gasteiger partial charge on any atom is -0.490 e. The molecule has 0 fully saturated rings. The predicted octanol–water partition coefficient (Wildman–Crippen LogP) is 3.45. The highest BCUT2D eigenvalue weighted by atomic mass is 19.1. The van der Waals surface area contributed by atoms with Crippen molar-refractivity contribution in [3.63, 3.8) is 0 Å². The molecule has 0 bridgehead atoms. The van der Waals surface area contributed by atoms with Crippen molar-refractivity contribution in [1.82, 2.24) is 0 Å². The lowest BCUT2D eigenvalue weighted by molar-refractivity contribution is 0.0444. The number of halogens is 1. The Morgan fingerprint density at radius 2 is 2.12 bits per heavy atom. The molecule has 2 rings (SSSR count). The standard InChI is InChI=1S/C14H19FO2/c1-14(2,3)8-10-7-12(16)11-5-4-9(15)6-13(11)17-10/h4-6,10,12,16H,7-8H2,1-3H3/t10?,12-/m1/s1. The number of fused-ring (bicyclic) bond motifs is 1. The molecular weight excluding hydrogens is 219 g/mol. The Balaban J connectivity index is 2.20. The van der Waals surface area contributed by atoms with Crippen LogP contribution in [0.25, 0.3) is 0 Å². The summed E-state index contributed by atoms with van der Waals surface area (Å²) >= 11 is 0. The summed E-state index contributed by atoms with van der Waals surface area (Å²) in [6.45, 7) is 6.39. The van der Waals surface area contributed by atoms with E-state index in [2.05, 4.69) is 20.8 Å². The van der Waals surface area contributed by atoms with Crippen LogP contribution in [-0.4, -0.2) is 11.2 Å². The lowest BCUT2D eigenvalue weighted by Crippen LogP contribution is -2.29. The van der Waals surface area contributed by atoms with Gasteiger partial charge in [-0.1, -0.05) is 20.8 Å². The van der Waals surface area contributed by atoms with Gasteiger partial charge < -0.3 is 9.84 Å². The van der Waals surface area contributed by atoms with Crippen LogP contribution in [-0.2, 0) is 0 Å². The first-order chi connectivity index (χ1) is 7.85. The lowest BCUT2D eigenvalue weighted by Gasteiger charge is -2.33. The topological polar surface area (TPSA) is 29.5 Å². The largest absolute Gasteiger partial charge is 0.490 e. The maximum Gasteiger partial charge on any atom is 0.128 e. The van der Waals surface area contributed by atoms with Gasteiger partial charge in [0.05, 0.1) is 6.10 Å². The van der Waals surface area contributed by atoms with E-state index in [1.807, 2.05) is 0 Å². The zero-order valence-corrected chi connectivity index (χ0v) is 10.5. The fourth-order valence-electron chi connectivity index (χ4n) is 2.30. The molecule has 0 aliphatic carbocycles. The van der Waals surface area contributed by atoms with Crippen molar-refractivity contribution in [1.29, 1.82) is 0 Å². The number of hydrogen-bond acceptors (Lipinski definition) is 2. The predicted molar refractivity (Wildman–Crippen MR) is 64.5 cm³/mol. The molecule has 1 aromatic rings. The highest BCUT2D eigenvalue weighted by molar-refractivity contribution is 5.37. The van der Waals surface area contributed by atoms with Gasteiger partial charge in [-0.25, -0.2) is 4.39 Å². The summed E-state index contributed by atoms with van der Waals surface area (Å²) in [7, 11) is 0. The van der Waals surface area contributed by atoms with Crippen molar-refractivity contribution in [2.24, 2.45) is 5.41 Å². The zero-order valence-electron chi connectivity index (χ0n) is 10.5. The highest BCUT2D eigenvalue weighted by Crippen LogP contribution is 2.38. The minimum absolute atomic E-state index is 0.0423. The second-order valence-corrected chi connectivity index (χ2v) is 5.94. The average molecular weight is 238 g/mol. The average Bonchev–Trinajstić information content (AvgIpc) is 2.13. The second kappa shape index (κ2) is 4.30. The van der Waals surface area contributed by atoms with Crippen molar-refractivity contribution >= 4 is 0 Å². The van der Waals surface area contributed by atoms with E-state index < -0.39 is 6.10 Å². The molecule has 17 heavy (non-hydrogen) atoms. The first kappa shape index (κ1) is 12.4. The van der Waals surface area contributed by atoms with Crippen molar-refractivity contribution in [2.75, 3.05) is 0 Å². The van der Waals surface area contributed by atoms with Crippen LogP contribution in [0.2, 0.25) is 0 Å². The van der Waals surface area contributed by atoms with Crippen LogP contribution in [0.15, 0.2) is 18.2 Å². The Bertz CT molecular complexity index is 409. The van der Waals surface area contributed by atoms with Crippen molar-refractivity contribution in [3.05, 3.63) is 29.6 Å². The Kier molecular flexibility index (Phi) is 3.13. The highest BCUT2D eigenvalue weighted by Gasteiger charge is 2.30. The van der Waals surface area contributed by atoms with E-state index in [-0.39, 0.29) is 17.3 Å². The number of rotatable bonds is 1. The second-order valence-electron chi connectivity index (χ2n) is 5.94. The molecule has 1 aliphatic heterocycles. The summed E-state index contributed by atoms with van der Waals surface area (Å²) < 4.78 is 18.9. The molecule has 0 saturated heterocycles. The van der Waals surface area contributed by atoms with Gasteiger partial charge in [-0.2, -0.15) is 0 Å². The molecule has 0 radical (unpaired) electrons. The Morgan fingerprint density at radius 3 is 2.76 bits per heavy atom. The Hall–Kier alpha value is -1.09. The van der Waals surface area contributed by atoms with E-state index in [1.165, 1.54) is 12.1 Å². The first-order valence-electron chi connectivity index (χ1n) is 5.99. The summed E-state index contributed by atoms with van der Waals surface area (Å²) in [5.41, 5.74) is 0.825. The molecule has 3 heteroatoms. The summed E-state index contributed by atoms with van der Waals surface area (Å²) in [5, 5.41) is 10.0. The van der Waals surface area contributed by atoms with Gasteiger partial charge in [0, 0.05) is 18.1 Å². The molecule has 2 nitrogen and oxygen atoms in total. The SMILES string of the molecule is CC(C)(C)CC1C[C@@H](O)c2ccc(F)cc2O1. The molecule has 2 atom stereocenters. The van der Waals surface area contributed by atoms with Crippen LogP contribution < -0.4 is 4.74 Å². The summed E-state index contributed by atoms with van der Waals surface area (Å²) in [4.78, 5) is 0. The molecule has 0 amide bonds. The lowest BCUT2D eigenvalue weighted by atomic mass is 9.85. The van der Waals surface area contributed by atoms with Crippen LogP contribution in [0.1, 0.15) is 45.3 Å². The van der Waals surface area contributed by atoms with Gasteiger partial charge in [0.1, 0.15) is 17.7 Å². The molecule has 1 aliphatic rings. The molecular formula is C14H19FO2. The third-order valence-corrected chi connectivity index (χ3v) is 2.95. The zero-order chi connectivity index (χ0) is 12.6. The fourth-order valence-corrected chi connectivity index (χ4v) is 2.30. The van der Waals surface area contributed by atoms with Crippen LogP contribution in [0.4, 0.5) is 4.39 Å². The third-order valence-electron chi connectivity index (χ3n) is 2.95. The normalized spacial score (nSPS) is 24.1. The molecule has 1 aromatic carbocycles. The number of aliphatic hydroxyl groups is 1. The first-order valence-corrected chi connectivity index (χ1v) is 5.99. The number of benzene rings is 1. The van der Waals surface area contributed by atoms with E-state index in [0.717, 1.165) is 6.42 Å². The molecule has 0 spiro atoms. The quantitative estimate of drug-likeness (QED) is 0.812. The number of aliphatic hydroxyl groups excluding tert-OH is 1. The van der Waals surface area contributed by atoms with Crippen molar-refractivity contribution in [3.8, 4) is 5.75 Å². The minimum atomic E-state index is -0.549. The van der Waals surface area contributed by atoms with Crippen LogP contribution in [0.5, 0.6) is 5.75 Å². The Labute approximate surface area is 101 Å². The maximum atomic E-state index is 13.1. The van der Waals surface area contributed by atoms with Crippen LogP contribution in [0.3, 0.4) is 0 Å². The third kappa shape index (κ3) is 2.97. The van der Waals surface area contributed by atoms with E-state index in [4.69, 9.17) is 4.74 Å². The van der Waals surface area contributed by atoms with Crippen LogP contribution in [0, 0.1) is 11.2 Å². The van der Waals surface area contributed by atoms with E-state index >= 15 is 0 Å². The smallest absolute Gasteiger partial charge is 0.128 e. The van der Waals surface area contributed by atoms with Crippen molar-refractivity contribution in [2.45, 2.75) is 45.8 Å². The van der Waals surface area contributed by atoms with Gasteiger partial charge >= 0.3 is 0 Å². The van der Waals surface area contributed by atoms with E-state index in [1.54, 1.807) is 6.07 Å². The molecule has 1 N–H and O–H groups in total. The van der Waals surface area contributed by atoms with Gasteiger partial charge in [-0.05, 0) is 24.0 Å². The summed E-state index contributed by atoms with van der Waals surface area (Å²) in [5.74, 6) is 0.158. The monoisotopic (exact) mass is 238 g/mol. The van der Waals surface area contributed by atoms with E-state index in [9.17, 15) is 9.50 Å². The maximum absolute atomic E-state index is 13.1. The molecule has 0 saturated carbocycles. The molecule has 1 unspecified atom stereocenters. The van der Waals surface area contributed by atoms with E-state index in [0.29, 0.717) is 17.7 Å². The molecule has 94 valence electrons. The molecule has 1 heterocycles. The summed E-state index contributed by atoms with van der Waals surface area (Å²) in [6, 6.07) is 4.31. The van der Waals surface area contributed by atoms with Crippen molar-refractivity contribution < 1.29 is 14.2 Å². The Morgan fingerprint density at radius 1 is 1.41 bits per heavy atom. The van der Waals surface area contributed by atoms with Gasteiger partial charge in [-0.15, -0.1) is 0 Å². The van der Waals surface area contributed by atoms with Gasteiger partial charge in [-0.3, -0.25) is 0 Å².